The number of hydrogen-bond acceptors (Lipinski definition) is 6. The minimum Gasteiger partial charge on any atom is -0.467 e. The Morgan fingerprint density at radius 1 is 1.43 bits per heavy atom. The summed E-state index contributed by atoms with van der Waals surface area (Å²) in [6.45, 7) is 5.76. The van der Waals surface area contributed by atoms with E-state index in [1.54, 1.807) is 12.3 Å². The van der Waals surface area contributed by atoms with Gasteiger partial charge in [-0.05, 0) is 39.0 Å². The van der Waals surface area contributed by atoms with Gasteiger partial charge in [0.2, 0.25) is 5.91 Å². The maximum absolute atomic E-state index is 12.1. The number of nitrogens with zero attached hydrogens (tertiary/aromatic N) is 4. The first-order valence-corrected chi connectivity index (χ1v) is 8.18. The lowest BCUT2D eigenvalue weighted by molar-refractivity contribution is -0.119. The van der Waals surface area contributed by atoms with E-state index in [1.165, 1.54) is 11.8 Å². The van der Waals surface area contributed by atoms with E-state index in [1.807, 2.05) is 37.3 Å². The van der Waals surface area contributed by atoms with Gasteiger partial charge in [-0.25, -0.2) is 4.98 Å². The predicted octanol–water partition coefficient (Wildman–Crippen LogP) is 2.30. The molecule has 0 radical (unpaired) electrons. The molecule has 23 heavy (non-hydrogen) atoms. The van der Waals surface area contributed by atoms with Gasteiger partial charge in [-0.1, -0.05) is 11.8 Å². The summed E-state index contributed by atoms with van der Waals surface area (Å²) in [5, 5.41) is 11.7. The van der Waals surface area contributed by atoms with Gasteiger partial charge in [0.05, 0.1) is 18.1 Å². The van der Waals surface area contributed by atoms with Crippen LogP contribution >= 0.6 is 11.8 Å². The van der Waals surface area contributed by atoms with Crippen LogP contribution in [0.15, 0.2) is 34.0 Å². The molecule has 0 saturated heterocycles. The molecule has 7 nitrogen and oxygen atoms in total. The van der Waals surface area contributed by atoms with Crippen LogP contribution < -0.4 is 5.32 Å². The zero-order valence-electron chi connectivity index (χ0n) is 13.1. The van der Waals surface area contributed by atoms with Gasteiger partial charge in [-0.2, -0.15) is 0 Å². The summed E-state index contributed by atoms with van der Waals surface area (Å²) in [5.41, 5.74) is 1.88. The molecule has 0 aromatic carbocycles. The van der Waals surface area contributed by atoms with Crippen molar-refractivity contribution >= 4 is 23.4 Å². The van der Waals surface area contributed by atoms with E-state index in [2.05, 4.69) is 20.5 Å². The largest absolute Gasteiger partial charge is 0.467 e. The lowest BCUT2D eigenvalue weighted by atomic mass is 10.2. The smallest absolute Gasteiger partial charge is 0.256 e. The summed E-state index contributed by atoms with van der Waals surface area (Å²) < 4.78 is 7.12. The van der Waals surface area contributed by atoms with Crippen LogP contribution in [-0.2, 0) is 4.79 Å². The second kappa shape index (κ2) is 6.41. The van der Waals surface area contributed by atoms with E-state index < -0.39 is 0 Å². The van der Waals surface area contributed by atoms with Gasteiger partial charge in [-0.15, -0.1) is 10.2 Å². The third kappa shape index (κ3) is 3.37. The highest BCUT2D eigenvalue weighted by molar-refractivity contribution is 7.99. The summed E-state index contributed by atoms with van der Waals surface area (Å²) in [4.78, 5) is 16.4. The summed E-state index contributed by atoms with van der Waals surface area (Å²) >= 11 is 1.33. The zero-order valence-corrected chi connectivity index (χ0v) is 13.9. The molecule has 0 aliphatic rings. The average Bonchev–Trinajstić information content (AvgIpc) is 3.14. The number of fused-ring (bicyclic) bond motifs is 1. The number of aromatic nitrogens is 4. The fourth-order valence-corrected chi connectivity index (χ4v) is 3.11. The number of rotatable bonds is 5. The highest BCUT2D eigenvalue weighted by Gasteiger charge is 2.15. The Hall–Kier alpha value is -2.35. The third-order valence-corrected chi connectivity index (χ3v) is 4.27. The van der Waals surface area contributed by atoms with E-state index in [-0.39, 0.29) is 17.7 Å². The average molecular weight is 331 g/mol. The Morgan fingerprint density at radius 2 is 2.26 bits per heavy atom. The zero-order chi connectivity index (χ0) is 16.4. The van der Waals surface area contributed by atoms with Crippen molar-refractivity contribution < 1.29 is 9.21 Å². The highest BCUT2D eigenvalue weighted by Crippen LogP contribution is 2.19. The molecular weight excluding hydrogens is 314 g/mol. The van der Waals surface area contributed by atoms with Crippen LogP contribution in [0.4, 0.5) is 0 Å². The van der Waals surface area contributed by atoms with Crippen molar-refractivity contribution in [2.24, 2.45) is 0 Å². The van der Waals surface area contributed by atoms with Crippen molar-refractivity contribution in [1.82, 2.24) is 24.9 Å². The molecule has 8 heteroatoms. The molecule has 0 saturated carbocycles. The highest BCUT2D eigenvalue weighted by atomic mass is 32.2. The maximum atomic E-state index is 12.1. The van der Waals surface area contributed by atoms with Crippen molar-refractivity contribution in [2.75, 3.05) is 5.75 Å². The SMILES string of the molecule is Cc1cc(C)n2c(SCC(=O)N[C@H](C)c3ccco3)nnc2n1. The first kappa shape index (κ1) is 15.5. The molecular formula is C15H17N5O2S. The van der Waals surface area contributed by atoms with E-state index in [0.717, 1.165) is 17.1 Å². The van der Waals surface area contributed by atoms with Crippen LogP contribution in [0.5, 0.6) is 0 Å². The molecule has 1 N–H and O–H groups in total. The topological polar surface area (TPSA) is 85.3 Å². The van der Waals surface area contributed by atoms with Crippen LogP contribution in [0.1, 0.15) is 30.1 Å². The quantitative estimate of drug-likeness (QED) is 0.722. The van der Waals surface area contributed by atoms with Gasteiger partial charge in [0.15, 0.2) is 5.16 Å². The molecule has 0 fully saturated rings. The Labute approximate surface area is 137 Å². The molecule has 3 heterocycles. The number of nitrogens with one attached hydrogen (secondary N) is 1. The fraction of sp³-hybridized carbons (Fsp3) is 0.333. The van der Waals surface area contributed by atoms with Gasteiger partial charge in [-0.3, -0.25) is 9.20 Å². The molecule has 1 amide bonds. The molecule has 3 rings (SSSR count). The summed E-state index contributed by atoms with van der Waals surface area (Å²) in [6, 6.07) is 5.42. The van der Waals surface area contributed by atoms with Gasteiger partial charge < -0.3 is 9.73 Å². The molecule has 120 valence electrons. The monoisotopic (exact) mass is 331 g/mol. The fourth-order valence-electron chi connectivity index (χ4n) is 2.32. The van der Waals surface area contributed by atoms with Crippen molar-refractivity contribution in [3.63, 3.8) is 0 Å². The van der Waals surface area contributed by atoms with Crippen molar-refractivity contribution in [2.45, 2.75) is 32.0 Å². The Bertz CT molecular complexity index is 828. The van der Waals surface area contributed by atoms with Crippen molar-refractivity contribution in [3.05, 3.63) is 41.6 Å². The number of carbonyl (C=O) groups is 1. The van der Waals surface area contributed by atoms with Crippen LogP contribution in [-0.4, -0.2) is 31.2 Å². The van der Waals surface area contributed by atoms with E-state index in [9.17, 15) is 4.79 Å². The molecule has 3 aromatic heterocycles. The molecule has 0 aliphatic carbocycles. The normalized spacial score (nSPS) is 12.5. The Balaban J connectivity index is 1.65. The second-order valence-corrected chi connectivity index (χ2v) is 6.19. The number of carbonyl (C=O) groups excluding carboxylic acids is 1. The molecule has 0 spiro atoms. The third-order valence-electron chi connectivity index (χ3n) is 3.34. The van der Waals surface area contributed by atoms with Crippen molar-refractivity contribution in [1.29, 1.82) is 0 Å². The van der Waals surface area contributed by atoms with E-state index in [0.29, 0.717) is 10.9 Å². The van der Waals surface area contributed by atoms with Gasteiger partial charge >= 0.3 is 0 Å². The first-order valence-electron chi connectivity index (χ1n) is 7.19. The van der Waals surface area contributed by atoms with Crippen LogP contribution in [0.3, 0.4) is 0 Å². The number of aryl methyl sites for hydroxylation is 2. The standard InChI is InChI=1S/C15H17N5O2S/c1-9-7-10(2)20-14(16-9)18-19-15(20)23-8-13(21)17-11(3)12-5-4-6-22-12/h4-7,11H,8H2,1-3H3,(H,17,21)/t11-/m1/s1. The van der Waals surface area contributed by atoms with Crippen LogP contribution in [0.2, 0.25) is 0 Å². The second-order valence-electron chi connectivity index (χ2n) is 5.25. The van der Waals surface area contributed by atoms with Crippen LogP contribution in [0.25, 0.3) is 5.78 Å². The summed E-state index contributed by atoms with van der Waals surface area (Å²) in [5.74, 6) is 1.44. The lowest BCUT2D eigenvalue weighted by Crippen LogP contribution is -2.28. The van der Waals surface area contributed by atoms with E-state index >= 15 is 0 Å². The molecule has 0 bridgehead atoms. The van der Waals surface area contributed by atoms with Gasteiger partial charge in [0.1, 0.15) is 5.76 Å². The van der Waals surface area contributed by atoms with Gasteiger partial charge in [0, 0.05) is 11.4 Å². The molecule has 0 aliphatic heterocycles. The molecule has 1 atom stereocenters. The number of furan rings is 1. The Kier molecular flexibility index (Phi) is 4.33. The summed E-state index contributed by atoms with van der Waals surface area (Å²) in [6.07, 6.45) is 1.59. The first-order chi connectivity index (χ1) is 11.0. The summed E-state index contributed by atoms with van der Waals surface area (Å²) in [7, 11) is 0. The minimum atomic E-state index is -0.167. The molecule has 3 aromatic rings. The van der Waals surface area contributed by atoms with Crippen molar-refractivity contribution in [3.8, 4) is 0 Å². The number of thioether (sulfide) groups is 1. The Morgan fingerprint density at radius 3 is 3.00 bits per heavy atom. The lowest BCUT2D eigenvalue weighted by Gasteiger charge is -2.11. The number of hydrogen-bond donors (Lipinski definition) is 1. The molecule has 0 unspecified atom stereocenters. The van der Waals surface area contributed by atoms with Gasteiger partial charge in [0.25, 0.3) is 5.78 Å². The maximum Gasteiger partial charge on any atom is 0.256 e. The van der Waals surface area contributed by atoms with Crippen LogP contribution in [0, 0.1) is 13.8 Å². The predicted molar refractivity (Wildman–Crippen MR) is 86.2 cm³/mol. The minimum absolute atomic E-state index is 0.0895. The van der Waals surface area contributed by atoms with E-state index in [4.69, 9.17) is 4.42 Å². The number of amides is 1.